The zero-order valence-corrected chi connectivity index (χ0v) is 18.9. The van der Waals surface area contributed by atoms with Crippen LogP contribution in [0, 0.1) is 0 Å². The van der Waals surface area contributed by atoms with Crippen molar-refractivity contribution in [2.75, 3.05) is 5.75 Å². The molecule has 0 aliphatic heterocycles. The predicted molar refractivity (Wildman–Crippen MR) is 138 cm³/mol. The molecule has 0 bridgehead atoms. The Hall–Kier alpha value is -2.97. The summed E-state index contributed by atoms with van der Waals surface area (Å²) in [6.07, 6.45) is 1.05. The van der Waals surface area contributed by atoms with Crippen LogP contribution in [0.2, 0.25) is 0 Å². The van der Waals surface area contributed by atoms with Crippen LogP contribution >= 0.6 is 12.6 Å². The van der Waals surface area contributed by atoms with Gasteiger partial charge >= 0.3 is 0 Å². The lowest BCUT2D eigenvalue weighted by atomic mass is 9.82. The average molecular weight is 422 g/mol. The lowest BCUT2D eigenvalue weighted by Crippen LogP contribution is -2.18. The Balaban J connectivity index is 1.78. The van der Waals surface area contributed by atoms with Crippen LogP contribution in [0.5, 0.6) is 0 Å². The third kappa shape index (κ3) is 3.55. The molecular formula is C29H27NS. The first-order chi connectivity index (χ1) is 15.1. The van der Waals surface area contributed by atoms with Crippen LogP contribution in [-0.4, -0.2) is 10.3 Å². The zero-order chi connectivity index (χ0) is 21.4. The summed E-state index contributed by atoms with van der Waals surface area (Å²) >= 11 is 4.49. The van der Waals surface area contributed by atoms with E-state index < -0.39 is 0 Å². The fourth-order valence-electron chi connectivity index (χ4n) is 4.55. The minimum Gasteiger partial charge on any atom is -0.309 e. The fourth-order valence-corrected chi connectivity index (χ4v) is 5.11. The van der Waals surface area contributed by atoms with Crippen LogP contribution in [0.4, 0.5) is 0 Å². The van der Waals surface area contributed by atoms with Crippen molar-refractivity contribution in [3.8, 4) is 16.8 Å². The van der Waals surface area contributed by atoms with E-state index in [4.69, 9.17) is 0 Å². The van der Waals surface area contributed by atoms with E-state index in [0.29, 0.717) is 0 Å². The molecule has 1 heterocycles. The maximum absolute atomic E-state index is 4.49. The summed E-state index contributed by atoms with van der Waals surface area (Å²) in [5.74, 6) is 0.882. The topological polar surface area (TPSA) is 4.93 Å². The maximum atomic E-state index is 4.49. The molecule has 0 saturated heterocycles. The molecule has 0 saturated carbocycles. The molecule has 0 fully saturated rings. The van der Waals surface area contributed by atoms with Gasteiger partial charge in [0, 0.05) is 16.5 Å². The molecule has 4 aromatic carbocycles. The van der Waals surface area contributed by atoms with E-state index in [-0.39, 0.29) is 5.41 Å². The van der Waals surface area contributed by atoms with Gasteiger partial charge in [-0.25, -0.2) is 0 Å². The fraction of sp³-hybridized carbons (Fsp3) is 0.172. The van der Waals surface area contributed by atoms with Gasteiger partial charge in [-0.1, -0.05) is 86.6 Å². The maximum Gasteiger partial charge on any atom is 0.0547 e. The molecule has 31 heavy (non-hydrogen) atoms. The summed E-state index contributed by atoms with van der Waals surface area (Å²) in [5, 5.41) is 2.58. The Kier molecular flexibility index (Phi) is 5.11. The molecule has 0 N–H and O–H groups in total. The molecule has 0 aliphatic carbocycles. The van der Waals surface area contributed by atoms with Crippen LogP contribution < -0.4 is 0 Å². The third-order valence-electron chi connectivity index (χ3n) is 6.40. The largest absolute Gasteiger partial charge is 0.309 e. The Morgan fingerprint density at radius 3 is 2.23 bits per heavy atom. The molecule has 1 nitrogen and oxygen atoms in total. The van der Waals surface area contributed by atoms with Gasteiger partial charge in [0.05, 0.1) is 11.0 Å². The number of hydrogen-bond donors (Lipinski definition) is 1. The number of nitrogens with zero attached hydrogens (tertiary/aromatic N) is 1. The van der Waals surface area contributed by atoms with E-state index in [9.17, 15) is 0 Å². The first kappa shape index (κ1) is 20.0. The van der Waals surface area contributed by atoms with Crippen molar-refractivity contribution in [1.29, 1.82) is 0 Å². The van der Waals surface area contributed by atoms with Crippen LogP contribution in [0.15, 0.2) is 97.1 Å². The number of fused-ring (bicyclic) bond motifs is 3. The van der Waals surface area contributed by atoms with E-state index >= 15 is 0 Å². The molecule has 1 aromatic heterocycles. The van der Waals surface area contributed by atoms with E-state index in [2.05, 4.69) is 128 Å². The van der Waals surface area contributed by atoms with Crippen LogP contribution in [0.1, 0.15) is 25.8 Å². The van der Waals surface area contributed by atoms with Crippen molar-refractivity contribution >= 4 is 34.4 Å². The Bertz CT molecular complexity index is 1360. The number of hydrogen-bond acceptors (Lipinski definition) is 1. The summed E-state index contributed by atoms with van der Waals surface area (Å²) in [6.45, 7) is 4.61. The molecule has 5 aromatic rings. The van der Waals surface area contributed by atoms with Gasteiger partial charge in [0.15, 0.2) is 0 Å². The average Bonchev–Trinajstić information content (AvgIpc) is 3.13. The van der Waals surface area contributed by atoms with Gasteiger partial charge in [-0.2, -0.15) is 12.6 Å². The van der Waals surface area contributed by atoms with E-state index in [1.165, 1.54) is 44.2 Å². The zero-order valence-electron chi connectivity index (χ0n) is 18.0. The summed E-state index contributed by atoms with van der Waals surface area (Å²) in [7, 11) is 0. The van der Waals surface area contributed by atoms with Gasteiger partial charge in [-0.3, -0.25) is 0 Å². The van der Waals surface area contributed by atoms with Crippen LogP contribution in [0.3, 0.4) is 0 Å². The Morgan fingerprint density at radius 2 is 1.42 bits per heavy atom. The molecular weight excluding hydrogens is 394 g/mol. The van der Waals surface area contributed by atoms with Gasteiger partial charge in [-0.15, -0.1) is 0 Å². The van der Waals surface area contributed by atoms with Gasteiger partial charge in [0.2, 0.25) is 0 Å². The molecule has 0 aliphatic rings. The summed E-state index contributed by atoms with van der Waals surface area (Å²) in [6, 6.07) is 35.2. The quantitative estimate of drug-likeness (QED) is 0.274. The van der Waals surface area contributed by atoms with E-state index in [1.54, 1.807) is 0 Å². The van der Waals surface area contributed by atoms with Gasteiger partial charge < -0.3 is 4.57 Å². The lowest BCUT2D eigenvalue weighted by molar-refractivity contribution is 0.511. The molecule has 0 atom stereocenters. The van der Waals surface area contributed by atoms with Gasteiger partial charge in [0.25, 0.3) is 0 Å². The minimum atomic E-state index is 0.0890. The first-order valence-corrected chi connectivity index (χ1v) is 11.5. The van der Waals surface area contributed by atoms with Crippen molar-refractivity contribution < 1.29 is 0 Å². The molecule has 0 radical (unpaired) electrons. The highest BCUT2D eigenvalue weighted by molar-refractivity contribution is 7.80. The Labute approximate surface area is 189 Å². The highest BCUT2D eigenvalue weighted by Gasteiger charge is 2.21. The minimum absolute atomic E-state index is 0.0890. The highest BCUT2D eigenvalue weighted by Crippen LogP contribution is 2.36. The van der Waals surface area contributed by atoms with Crippen molar-refractivity contribution in [2.45, 2.75) is 25.7 Å². The third-order valence-corrected chi connectivity index (χ3v) is 6.63. The second-order valence-electron chi connectivity index (χ2n) is 8.86. The Morgan fingerprint density at radius 1 is 0.677 bits per heavy atom. The predicted octanol–water partition coefficient (Wildman–Crippen LogP) is 8.05. The van der Waals surface area contributed by atoms with Crippen molar-refractivity contribution in [1.82, 2.24) is 4.57 Å². The van der Waals surface area contributed by atoms with Gasteiger partial charge in [0.1, 0.15) is 0 Å². The van der Waals surface area contributed by atoms with E-state index in [0.717, 1.165) is 12.2 Å². The highest BCUT2D eigenvalue weighted by atomic mass is 32.1. The number of aromatic nitrogens is 1. The summed E-state index contributed by atoms with van der Waals surface area (Å²) in [4.78, 5) is 0. The SMILES string of the molecule is CC(C)(CCS)c1cccc(-n2c3ccccc3c3ccc(-c4ccccc4)cc32)c1. The monoisotopic (exact) mass is 421 g/mol. The smallest absolute Gasteiger partial charge is 0.0547 e. The van der Waals surface area contributed by atoms with Crippen LogP contribution in [0.25, 0.3) is 38.6 Å². The molecule has 154 valence electrons. The standard InChI is InChI=1S/C29H27NS/c1-29(2,17-18-31)23-11-8-12-24(20-23)30-27-14-7-6-13-25(27)26-16-15-22(19-28(26)30)21-9-4-3-5-10-21/h3-16,19-20,31H,17-18H2,1-2H3. The number of benzene rings is 4. The summed E-state index contributed by atoms with van der Waals surface area (Å²) < 4.78 is 2.41. The van der Waals surface area contributed by atoms with E-state index in [1.807, 2.05) is 0 Å². The van der Waals surface area contributed by atoms with Crippen molar-refractivity contribution in [3.63, 3.8) is 0 Å². The molecule has 0 amide bonds. The lowest BCUT2D eigenvalue weighted by Gasteiger charge is -2.25. The normalized spacial score (nSPS) is 12.0. The molecule has 0 unspecified atom stereocenters. The molecule has 0 spiro atoms. The number of para-hydroxylation sites is 1. The number of rotatable bonds is 5. The second kappa shape index (κ2) is 7.94. The van der Waals surface area contributed by atoms with Crippen molar-refractivity contribution in [2.24, 2.45) is 0 Å². The number of thiol groups is 1. The first-order valence-electron chi connectivity index (χ1n) is 10.9. The second-order valence-corrected chi connectivity index (χ2v) is 9.31. The molecule has 2 heteroatoms. The van der Waals surface area contributed by atoms with Crippen molar-refractivity contribution in [3.05, 3.63) is 103 Å². The molecule has 5 rings (SSSR count). The summed E-state index contributed by atoms with van der Waals surface area (Å²) in [5.41, 5.74) is 7.61. The van der Waals surface area contributed by atoms with Gasteiger partial charge in [-0.05, 0) is 58.5 Å². The van der Waals surface area contributed by atoms with Crippen LogP contribution in [-0.2, 0) is 5.41 Å².